The fraction of sp³-hybridized carbons (Fsp3) is 0.241. The standard InChI is InChI=1S/C21H16Cl2N4.2C4H6O6/c22-19-5-2-14(8-20(19)23)18-10-24-9-16-7-13(1-4-17(16)18)15-3-6-21-25-12-26-27(21)11-15;2*5-1(3(7)8)2(6)4(9)10/h1-8,11-12,18,24H,9-10H2;2*1-2,5-6H,(H,7,8)(H,9,10)/t18-;2*1-,2-/m011/s1. The van der Waals surface area contributed by atoms with E-state index in [0.717, 1.165) is 24.3 Å². The number of aliphatic hydroxyl groups is 4. The third kappa shape index (κ3) is 9.43. The van der Waals surface area contributed by atoms with E-state index >= 15 is 0 Å². The second-order valence-corrected chi connectivity index (χ2v) is 10.7. The summed E-state index contributed by atoms with van der Waals surface area (Å²) in [5.74, 6) is -6.81. The SMILES string of the molecule is Clc1ccc([C@@H]2CNCc3cc(-c4ccc5ncnn5c4)ccc32)cc1Cl.O=C(O)[C@H](O)[C@@H](O)C(=O)O.O=C(O)[C@H](O)[C@@H](O)C(=O)O. The van der Waals surface area contributed by atoms with Crippen molar-refractivity contribution in [3.05, 3.63) is 87.8 Å². The molecule has 18 heteroatoms. The van der Waals surface area contributed by atoms with Gasteiger partial charge >= 0.3 is 23.9 Å². The van der Waals surface area contributed by atoms with Crippen LogP contribution in [0.15, 0.2) is 61.1 Å². The van der Waals surface area contributed by atoms with E-state index in [1.165, 1.54) is 22.3 Å². The third-order valence-corrected chi connectivity index (χ3v) is 7.49. The topological polar surface area (TPSA) is 272 Å². The summed E-state index contributed by atoms with van der Waals surface area (Å²) >= 11 is 12.3. The average Bonchev–Trinajstić information content (AvgIpc) is 3.52. The molecule has 0 unspecified atom stereocenters. The first kappa shape index (κ1) is 36.8. The number of carboxylic acids is 4. The molecule has 9 N–H and O–H groups in total. The molecule has 0 fully saturated rings. The summed E-state index contributed by atoms with van der Waals surface area (Å²) in [4.78, 5) is 43.3. The molecule has 0 bridgehead atoms. The van der Waals surface area contributed by atoms with Gasteiger partial charge in [0.25, 0.3) is 0 Å². The van der Waals surface area contributed by atoms with Gasteiger partial charge in [-0.3, -0.25) is 0 Å². The smallest absolute Gasteiger partial charge is 0.335 e. The maximum absolute atomic E-state index is 9.77. The van der Waals surface area contributed by atoms with E-state index in [2.05, 4.69) is 45.7 Å². The largest absolute Gasteiger partial charge is 0.479 e. The second-order valence-electron chi connectivity index (χ2n) is 9.88. The van der Waals surface area contributed by atoms with Crippen molar-refractivity contribution in [3.63, 3.8) is 0 Å². The van der Waals surface area contributed by atoms with E-state index in [9.17, 15) is 19.2 Å². The Morgan fingerprint density at radius 3 is 1.83 bits per heavy atom. The van der Waals surface area contributed by atoms with Crippen LogP contribution in [0.25, 0.3) is 16.8 Å². The van der Waals surface area contributed by atoms with E-state index in [1.54, 1.807) is 10.8 Å². The molecule has 0 saturated carbocycles. The van der Waals surface area contributed by atoms with Gasteiger partial charge in [-0.05, 0) is 52.6 Å². The minimum Gasteiger partial charge on any atom is -0.479 e. The molecule has 2 aromatic carbocycles. The van der Waals surface area contributed by atoms with Crippen LogP contribution in [0.3, 0.4) is 0 Å². The fourth-order valence-electron chi connectivity index (χ4n) is 4.29. The van der Waals surface area contributed by atoms with Gasteiger partial charge in [-0.25, -0.2) is 28.7 Å². The first-order valence-electron chi connectivity index (χ1n) is 13.3. The van der Waals surface area contributed by atoms with E-state index in [0.29, 0.717) is 10.0 Å². The molecule has 16 nitrogen and oxygen atoms in total. The number of carbonyl (C=O) groups is 4. The molecule has 3 heterocycles. The summed E-state index contributed by atoms with van der Waals surface area (Å²) in [5, 5.41) is 74.0. The minimum atomic E-state index is -2.27. The number of fused-ring (bicyclic) bond motifs is 2. The van der Waals surface area contributed by atoms with Crippen molar-refractivity contribution in [1.29, 1.82) is 0 Å². The zero-order chi connectivity index (χ0) is 35.0. The number of hydrogen-bond donors (Lipinski definition) is 9. The highest BCUT2D eigenvalue weighted by Crippen LogP contribution is 2.35. The Morgan fingerprint density at radius 1 is 0.745 bits per heavy atom. The predicted octanol–water partition coefficient (Wildman–Crippen LogP) is 0.693. The maximum atomic E-state index is 9.77. The highest BCUT2D eigenvalue weighted by atomic mass is 35.5. The summed E-state index contributed by atoms with van der Waals surface area (Å²) in [6.07, 6.45) is -5.49. The highest BCUT2D eigenvalue weighted by Gasteiger charge is 2.30. The Hall–Kier alpha value is -4.68. The number of pyridine rings is 1. The summed E-state index contributed by atoms with van der Waals surface area (Å²) < 4.78 is 1.80. The third-order valence-electron chi connectivity index (χ3n) is 6.75. The summed E-state index contributed by atoms with van der Waals surface area (Å²) in [6, 6.07) is 16.6. The summed E-state index contributed by atoms with van der Waals surface area (Å²) in [5.41, 5.74) is 6.94. The normalized spacial score (nSPS) is 16.2. The molecule has 0 amide bonds. The Kier molecular flexibility index (Phi) is 12.7. The molecule has 1 aliphatic heterocycles. The number of aliphatic hydroxyl groups excluding tert-OH is 4. The van der Waals surface area contributed by atoms with Crippen molar-refractivity contribution in [2.45, 2.75) is 36.9 Å². The maximum Gasteiger partial charge on any atom is 0.335 e. The second kappa shape index (κ2) is 16.2. The van der Waals surface area contributed by atoms with Gasteiger partial charge < -0.3 is 46.2 Å². The van der Waals surface area contributed by atoms with Gasteiger partial charge in [-0.15, -0.1) is 0 Å². The molecule has 5 atom stereocenters. The first-order chi connectivity index (χ1) is 22.1. The molecule has 47 heavy (non-hydrogen) atoms. The molecule has 250 valence electrons. The van der Waals surface area contributed by atoms with Crippen LogP contribution in [-0.4, -0.2) is 110 Å². The molecule has 0 aliphatic carbocycles. The molecule has 1 aliphatic rings. The average molecular weight is 695 g/mol. The lowest BCUT2D eigenvalue weighted by atomic mass is 9.84. The molecule has 2 aromatic heterocycles. The van der Waals surface area contributed by atoms with E-state index < -0.39 is 48.3 Å². The van der Waals surface area contributed by atoms with Crippen LogP contribution in [0, 0.1) is 0 Å². The lowest BCUT2D eigenvalue weighted by Crippen LogP contribution is -2.39. The number of benzene rings is 2. The molecule has 5 rings (SSSR count). The summed E-state index contributed by atoms with van der Waals surface area (Å²) in [6.45, 7) is 1.74. The summed E-state index contributed by atoms with van der Waals surface area (Å²) in [7, 11) is 0. The zero-order valence-electron chi connectivity index (χ0n) is 23.9. The van der Waals surface area contributed by atoms with Crippen molar-refractivity contribution in [3.8, 4) is 11.1 Å². The van der Waals surface area contributed by atoms with Crippen molar-refractivity contribution in [2.75, 3.05) is 6.54 Å². The Labute approximate surface area is 274 Å². The quantitative estimate of drug-likeness (QED) is 0.123. The fourth-order valence-corrected chi connectivity index (χ4v) is 4.60. The predicted molar refractivity (Wildman–Crippen MR) is 163 cm³/mol. The molecule has 0 radical (unpaired) electrons. The van der Waals surface area contributed by atoms with Gasteiger partial charge in [0.15, 0.2) is 30.1 Å². The Morgan fingerprint density at radius 2 is 1.30 bits per heavy atom. The number of nitrogens with one attached hydrogen (secondary N) is 1. The lowest BCUT2D eigenvalue weighted by molar-refractivity contribution is -0.165. The Bertz CT molecular complexity index is 1700. The number of aliphatic carboxylic acids is 4. The molecule has 0 saturated heterocycles. The number of hydrogen-bond acceptors (Lipinski definition) is 11. The molecular formula is C29H28Cl2N4O12. The van der Waals surface area contributed by atoms with Crippen molar-refractivity contribution in [2.24, 2.45) is 0 Å². The molecule has 0 spiro atoms. The zero-order valence-corrected chi connectivity index (χ0v) is 25.4. The number of aromatic nitrogens is 3. The highest BCUT2D eigenvalue weighted by molar-refractivity contribution is 6.42. The first-order valence-corrected chi connectivity index (χ1v) is 14.1. The van der Waals surface area contributed by atoms with Gasteiger partial charge in [0.05, 0.1) is 10.0 Å². The van der Waals surface area contributed by atoms with Crippen LogP contribution in [0.4, 0.5) is 0 Å². The van der Waals surface area contributed by atoms with Gasteiger partial charge in [-0.1, -0.05) is 41.4 Å². The van der Waals surface area contributed by atoms with Crippen LogP contribution in [0.2, 0.25) is 10.0 Å². The minimum absolute atomic E-state index is 0.260. The van der Waals surface area contributed by atoms with Crippen molar-refractivity contribution < 1.29 is 60.0 Å². The van der Waals surface area contributed by atoms with Crippen LogP contribution < -0.4 is 5.32 Å². The van der Waals surface area contributed by atoms with Gasteiger partial charge in [0.1, 0.15) is 6.33 Å². The van der Waals surface area contributed by atoms with Crippen molar-refractivity contribution in [1.82, 2.24) is 19.9 Å². The molecular weight excluding hydrogens is 667 g/mol. The lowest BCUT2D eigenvalue weighted by Gasteiger charge is -2.27. The van der Waals surface area contributed by atoms with E-state index in [4.69, 9.17) is 64.1 Å². The molecule has 4 aromatic rings. The number of carboxylic acid groups (broad SMARTS) is 4. The van der Waals surface area contributed by atoms with Gasteiger partial charge in [-0.2, -0.15) is 5.10 Å². The Balaban J connectivity index is 0.000000249. The van der Waals surface area contributed by atoms with Crippen LogP contribution in [0.5, 0.6) is 0 Å². The van der Waals surface area contributed by atoms with Gasteiger partial charge in [0.2, 0.25) is 0 Å². The number of rotatable bonds is 8. The number of nitrogens with zero attached hydrogens (tertiary/aromatic N) is 3. The van der Waals surface area contributed by atoms with E-state index in [-0.39, 0.29) is 5.92 Å². The van der Waals surface area contributed by atoms with Crippen LogP contribution >= 0.6 is 23.2 Å². The van der Waals surface area contributed by atoms with Gasteiger partial charge in [0, 0.05) is 30.8 Å². The van der Waals surface area contributed by atoms with Crippen LogP contribution in [-0.2, 0) is 25.7 Å². The van der Waals surface area contributed by atoms with E-state index in [1.807, 2.05) is 24.4 Å². The van der Waals surface area contributed by atoms with Crippen LogP contribution in [0.1, 0.15) is 22.6 Å². The number of halogens is 2. The monoisotopic (exact) mass is 694 g/mol. The van der Waals surface area contributed by atoms with Crippen molar-refractivity contribution >= 4 is 52.7 Å².